The number of nitrogens with one attached hydrogen (secondary N) is 2. The van der Waals surface area contributed by atoms with Gasteiger partial charge in [-0.3, -0.25) is 14.6 Å². The molecule has 0 bridgehead atoms. The quantitative estimate of drug-likeness (QED) is 0.796. The molecule has 0 atom stereocenters. The summed E-state index contributed by atoms with van der Waals surface area (Å²) in [7, 11) is 0. The van der Waals surface area contributed by atoms with Crippen LogP contribution in [0.15, 0.2) is 29.1 Å². The third-order valence-corrected chi connectivity index (χ3v) is 4.50. The van der Waals surface area contributed by atoms with Gasteiger partial charge in [-0.15, -0.1) is 0 Å². The topological polar surface area (TPSA) is 87.3 Å². The third-order valence-electron chi connectivity index (χ3n) is 4.50. The van der Waals surface area contributed by atoms with Gasteiger partial charge in [0.2, 0.25) is 11.9 Å². The predicted octanol–water partition coefficient (Wildman–Crippen LogP) is 1.30. The lowest BCUT2D eigenvalue weighted by atomic mass is 10.1. The Morgan fingerprint density at radius 2 is 2.15 bits per heavy atom. The standard InChI is InChI=1S/C19H23FN4O3/c1-13-16(18(26)23-19(22-13)24-7-9-27-10-8-24)5-6-17(25)21-12-14-3-2-4-15(20)11-14/h2-4,11H,5-10,12H2,1H3,(H,21,25)(H,22,23,26). The largest absolute Gasteiger partial charge is 0.378 e. The maximum atomic E-state index is 13.1. The number of rotatable bonds is 6. The molecule has 0 spiro atoms. The number of H-pyrrole nitrogens is 1. The number of ether oxygens (including phenoxy) is 1. The van der Waals surface area contributed by atoms with E-state index >= 15 is 0 Å². The van der Waals surface area contributed by atoms with Gasteiger partial charge in [-0.05, 0) is 31.0 Å². The van der Waals surface area contributed by atoms with Crippen LogP contribution in [-0.4, -0.2) is 42.2 Å². The van der Waals surface area contributed by atoms with Crippen LogP contribution in [-0.2, 0) is 22.5 Å². The van der Waals surface area contributed by atoms with Crippen LogP contribution in [0.2, 0.25) is 0 Å². The summed E-state index contributed by atoms with van der Waals surface area (Å²) in [5, 5.41) is 2.74. The molecule has 1 amide bonds. The maximum Gasteiger partial charge on any atom is 0.255 e. The smallest absolute Gasteiger partial charge is 0.255 e. The summed E-state index contributed by atoms with van der Waals surface area (Å²) in [6.07, 6.45) is 0.463. The first-order chi connectivity index (χ1) is 13.0. The molecule has 2 aromatic rings. The number of halogens is 1. The molecule has 3 rings (SSSR count). The molecule has 1 fully saturated rings. The van der Waals surface area contributed by atoms with Crippen molar-refractivity contribution < 1.29 is 13.9 Å². The van der Waals surface area contributed by atoms with Crippen LogP contribution in [0.5, 0.6) is 0 Å². The SMILES string of the molecule is Cc1nc(N2CCOCC2)[nH]c(=O)c1CCC(=O)NCc1cccc(F)c1. The normalized spacial score (nSPS) is 14.2. The third kappa shape index (κ3) is 5.13. The minimum absolute atomic E-state index is 0.165. The highest BCUT2D eigenvalue weighted by atomic mass is 19.1. The van der Waals surface area contributed by atoms with E-state index in [1.54, 1.807) is 19.1 Å². The zero-order valence-corrected chi connectivity index (χ0v) is 15.3. The van der Waals surface area contributed by atoms with Crippen LogP contribution in [0.1, 0.15) is 23.2 Å². The highest BCUT2D eigenvalue weighted by Gasteiger charge is 2.16. The second-order valence-corrected chi connectivity index (χ2v) is 6.46. The fraction of sp³-hybridized carbons (Fsp3) is 0.421. The molecule has 8 heteroatoms. The van der Waals surface area contributed by atoms with Crippen LogP contribution in [0.3, 0.4) is 0 Å². The Bertz CT molecular complexity index is 862. The fourth-order valence-corrected chi connectivity index (χ4v) is 2.99. The molecule has 1 saturated heterocycles. The summed E-state index contributed by atoms with van der Waals surface area (Å²) in [6, 6.07) is 6.07. The number of carbonyl (C=O) groups excluding carboxylic acids is 1. The molecule has 1 aliphatic heterocycles. The van der Waals surface area contributed by atoms with Crippen LogP contribution in [0.25, 0.3) is 0 Å². The highest BCUT2D eigenvalue weighted by molar-refractivity contribution is 5.76. The van der Waals surface area contributed by atoms with E-state index in [1.807, 2.05) is 4.90 Å². The number of nitrogens with zero attached hydrogens (tertiary/aromatic N) is 2. The molecule has 0 aliphatic carbocycles. The number of hydrogen-bond donors (Lipinski definition) is 2. The molecule has 144 valence electrons. The first kappa shape index (κ1) is 19.0. The van der Waals surface area contributed by atoms with Gasteiger partial charge in [-0.1, -0.05) is 12.1 Å². The van der Waals surface area contributed by atoms with Crippen LogP contribution in [0.4, 0.5) is 10.3 Å². The lowest BCUT2D eigenvalue weighted by Crippen LogP contribution is -2.38. The van der Waals surface area contributed by atoms with E-state index in [1.165, 1.54) is 12.1 Å². The van der Waals surface area contributed by atoms with Crippen molar-refractivity contribution in [2.75, 3.05) is 31.2 Å². The zero-order valence-electron chi connectivity index (χ0n) is 15.3. The Balaban J connectivity index is 1.57. The van der Waals surface area contributed by atoms with E-state index in [-0.39, 0.29) is 30.2 Å². The van der Waals surface area contributed by atoms with E-state index in [4.69, 9.17) is 4.74 Å². The van der Waals surface area contributed by atoms with Gasteiger partial charge in [0.05, 0.1) is 13.2 Å². The molecule has 0 saturated carbocycles. The van der Waals surface area contributed by atoms with Crippen LogP contribution >= 0.6 is 0 Å². The van der Waals surface area contributed by atoms with E-state index in [2.05, 4.69) is 15.3 Å². The van der Waals surface area contributed by atoms with Gasteiger partial charge >= 0.3 is 0 Å². The van der Waals surface area contributed by atoms with Gasteiger partial charge in [0.15, 0.2) is 0 Å². The van der Waals surface area contributed by atoms with Crippen molar-refractivity contribution in [3.63, 3.8) is 0 Å². The molecule has 1 aromatic carbocycles. The van der Waals surface area contributed by atoms with Crippen molar-refractivity contribution in [3.8, 4) is 0 Å². The van der Waals surface area contributed by atoms with Gasteiger partial charge in [0.25, 0.3) is 5.56 Å². The van der Waals surface area contributed by atoms with Crippen molar-refractivity contribution in [3.05, 3.63) is 57.3 Å². The number of aryl methyl sites for hydroxylation is 1. The van der Waals surface area contributed by atoms with E-state index < -0.39 is 0 Å². The summed E-state index contributed by atoms with van der Waals surface area (Å²) in [5.74, 6) is 0.00534. The number of morpholine rings is 1. The predicted molar refractivity (Wildman–Crippen MR) is 99.2 cm³/mol. The number of amides is 1. The Morgan fingerprint density at radius 3 is 2.85 bits per heavy atom. The summed E-state index contributed by atoms with van der Waals surface area (Å²) in [6.45, 7) is 4.61. The maximum absolute atomic E-state index is 13.1. The van der Waals surface area contributed by atoms with Gasteiger partial charge in [0.1, 0.15) is 5.82 Å². The second-order valence-electron chi connectivity index (χ2n) is 6.46. The van der Waals surface area contributed by atoms with Crippen molar-refractivity contribution in [1.82, 2.24) is 15.3 Å². The van der Waals surface area contributed by atoms with Crippen molar-refractivity contribution >= 4 is 11.9 Å². The van der Waals surface area contributed by atoms with Gasteiger partial charge in [0, 0.05) is 37.3 Å². The minimum Gasteiger partial charge on any atom is -0.378 e. The highest BCUT2D eigenvalue weighted by Crippen LogP contribution is 2.11. The van der Waals surface area contributed by atoms with Gasteiger partial charge in [-0.2, -0.15) is 0 Å². The average Bonchev–Trinajstić information content (AvgIpc) is 2.66. The van der Waals surface area contributed by atoms with E-state index in [0.717, 1.165) is 0 Å². The number of aromatic nitrogens is 2. The van der Waals surface area contributed by atoms with Gasteiger partial charge < -0.3 is 15.0 Å². The monoisotopic (exact) mass is 374 g/mol. The first-order valence-corrected chi connectivity index (χ1v) is 8.96. The first-order valence-electron chi connectivity index (χ1n) is 8.96. The Kier molecular flexibility index (Phi) is 6.18. The molecule has 1 aromatic heterocycles. The number of benzene rings is 1. The molecule has 0 radical (unpaired) electrons. The fourth-order valence-electron chi connectivity index (χ4n) is 2.99. The Hall–Kier alpha value is -2.74. The lowest BCUT2D eigenvalue weighted by Gasteiger charge is -2.27. The summed E-state index contributed by atoms with van der Waals surface area (Å²) in [4.78, 5) is 33.7. The molecular formula is C19H23FN4O3. The number of aromatic amines is 1. The van der Waals surface area contributed by atoms with Crippen molar-refractivity contribution in [2.45, 2.75) is 26.3 Å². The van der Waals surface area contributed by atoms with Crippen molar-refractivity contribution in [2.24, 2.45) is 0 Å². The molecule has 2 N–H and O–H groups in total. The van der Waals surface area contributed by atoms with Gasteiger partial charge in [-0.25, -0.2) is 9.37 Å². The van der Waals surface area contributed by atoms with Crippen LogP contribution in [0, 0.1) is 12.7 Å². The summed E-state index contributed by atoms with van der Waals surface area (Å²) >= 11 is 0. The van der Waals surface area contributed by atoms with E-state index in [9.17, 15) is 14.0 Å². The Morgan fingerprint density at radius 1 is 1.37 bits per heavy atom. The Labute approximate surface area is 156 Å². The molecule has 2 heterocycles. The number of hydrogen-bond acceptors (Lipinski definition) is 5. The average molecular weight is 374 g/mol. The molecular weight excluding hydrogens is 351 g/mol. The molecule has 0 unspecified atom stereocenters. The number of carbonyl (C=O) groups is 1. The summed E-state index contributed by atoms with van der Waals surface area (Å²) < 4.78 is 18.5. The lowest BCUT2D eigenvalue weighted by molar-refractivity contribution is -0.121. The van der Waals surface area contributed by atoms with Crippen LogP contribution < -0.4 is 15.8 Å². The second kappa shape index (κ2) is 8.77. The van der Waals surface area contributed by atoms with E-state index in [0.29, 0.717) is 55.5 Å². The summed E-state index contributed by atoms with van der Waals surface area (Å²) in [5.41, 5.74) is 1.60. The number of anilines is 1. The molecule has 7 nitrogen and oxygen atoms in total. The zero-order chi connectivity index (χ0) is 19.2. The minimum atomic E-state index is -0.338. The van der Waals surface area contributed by atoms with Crippen molar-refractivity contribution in [1.29, 1.82) is 0 Å². The molecule has 27 heavy (non-hydrogen) atoms. The molecule has 1 aliphatic rings.